The Hall–Kier alpha value is -13.1. The Kier molecular flexibility index (Phi) is 14.3. The van der Waals surface area contributed by atoms with E-state index in [-0.39, 0.29) is 0 Å². The highest BCUT2D eigenvalue weighted by atomic mass is 15.1. The van der Waals surface area contributed by atoms with Crippen molar-refractivity contribution >= 4 is 21.8 Å². The lowest BCUT2D eigenvalue weighted by atomic mass is 9.95. The number of nitriles is 1. The first-order valence-electron chi connectivity index (χ1n) is 30.4. The van der Waals surface area contributed by atoms with Crippen molar-refractivity contribution < 1.29 is 0 Å². The molecular weight excluding hydrogens is 1140 g/mol. The molecular formula is C81H50N12. The fraction of sp³-hybridized carbons (Fsp3) is 0. The summed E-state index contributed by atoms with van der Waals surface area (Å²) < 4.78 is 2.28. The SMILES string of the molecule is N#Cc1cc(-c2cc(-c3ccccc3)nc(-c3ccccc3)n2)c(-n2c3cc(-c4nc(-c5ccccc5)nc(-c5ccccc5)n4)ccc3c3ccc(-c4nc(-c5ccccc5)nc(-c5ccccc5)n4)cc32)c(-c2cc(-c3ccccc3)nc(-c3ccccc3)n2)c1. The van der Waals surface area contributed by atoms with Crippen molar-refractivity contribution in [2.75, 3.05) is 0 Å². The second-order valence-electron chi connectivity index (χ2n) is 22.3. The fourth-order valence-electron chi connectivity index (χ4n) is 11.9. The van der Waals surface area contributed by atoms with E-state index in [1.54, 1.807) is 0 Å². The monoisotopic (exact) mass is 1190 g/mol. The molecule has 12 nitrogen and oxygen atoms in total. The topological polar surface area (TPSA) is 158 Å². The number of benzene rings is 11. The van der Waals surface area contributed by atoms with Gasteiger partial charge in [0.1, 0.15) is 0 Å². The van der Waals surface area contributed by atoms with Crippen molar-refractivity contribution in [2.45, 2.75) is 0 Å². The number of hydrogen-bond donors (Lipinski definition) is 0. The van der Waals surface area contributed by atoms with Crippen LogP contribution in [0.15, 0.2) is 303 Å². The van der Waals surface area contributed by atoms with E-state index in [1.165, 1.54) is 0 Å². The number of fused-ring (bicyclic) bond motifs is 3. The van der Waals surface area contributed by atoms with Gasteiger partial charge in [-0.1, -0.05) is 267 Å². The Balaban J connectivity index is 1.05. The maximum atomic E-state index is 11.5. The highest BCUT2D eigenvalue weighted by molar-refractivity contribution is 6.12. The van der Waals surface area contributed by atoms with Crippen molar-refractivity contribution in [2.24, 2.45) is 0 Å². The largest absolute Gasteiger partial charge is 0.308 e. The van der Waals surface area contributed by atoms with E-state index in [0.29, 0.717) is 91.7 Å². The predicted molar refractivity (Wildman–Crippen MR) is 369 cm³/mol. The molecule has 0 unspecified atom stereocenters. The summed E-state index contributed by atoms with van der Waals surface area (Å²) in [6.07, 6.45) is 0. The third-order valence-corrected chi connectivity index (χ3v) is 16.4. The van der Waals surface area contributed by atoms with E-state index in [9.17, 15) is 5.26 Å². The summed E-state index contributed by atoms with van der Waals surface area (Å²) in [5.74, 6) is 4.08. The molecule has 16 aromatic rings. The molecule has 0 saturated heterocycles. The molecule has 5 heterocycles. The zero-order chi connectivity index (χ0) is 62.0. The molecule has 12 heteroatoms. The minimum Gasteiger partial charge on any atom is -0.308 e. The van der Waals surface area contributed by atoms with Gasteiger partial charge in [-0.15, -0.1) is 0 Å². The van der Waals surface area contributed by atoms with Crippen LogP contribution in [-0.2, 0) is 0 Å². The second kappa shape index (κ2) is 24.1. The third-order valence-electron chi connectivity index (χ3n) is 16.4. The molecule has 0 atom stereocenters. The predicted octanol–water partition coefficient (Wildman–Crippen LogP) is 18.6. The lowest BCUT2D eigenvalue weighted by molar-refractivity contribution is 1.07. The molecule has 0 aliphatic carbocycles. The molecule has 0 amide bonds. The molecule has 0 radical (unpaired) electrons. The van der Waals surface area contributed by atoms with Crippen LogP contribution in [-0.4, -0.2) is 54.4 Å². The lowest BCUT2D eigenvalue weighted by Gasteiger charge is -2.21. The van der Waals surface area contributed by atoms with Gasteiger partial charge in [-0.3, -0.25) is 0 Å². The van der Waals surface area contributed by atoms with Gasteiger partial charge in [-0.25, -0.2) is 49.8 Å². The highest BCUT2D eigenvalue weighted by Crippen LogP contribution is 2.45. The van der Waals surface area contributed by atoms with Gasteiger partial charge >= 0.3 is 0 Å². The molecule has 0 spiro atoms. The van der Waals surface area contributed by atoms with E-state index in [1.807, 2.05) is 267 Å². The van der Waals surface area contributed by atoms with Gasteiger partial charge in [0.05, 0.1) is 51.1 Å². The van der Waals surface area contributed by atoms with Crippen molar-refractivity contribution in [3.8, 4) is 148 Å². The Bertz CT molecular complexity index is 4920. The minimum absolute atomic E-state index is 0.382. The summed E-state index contributed by atoms with van der Waals surface area (Å²) in [5, 5.41) is 13.3. The van der Waals surface area contributed by atoms with Gasteiger partial charge in [0.2, 0.25) is 0 Å². The first-order chi connectivity index (χ1) is 46.0. The van der Waals surface area contributed by atoms with E-state index in [0.717, 1.165) is 77.4 Å². The van der Waals surface area contributed by atoms with Gasteiger partial charge in [0.25, 0.3) is 0 Å². The maximum absolute atomic E-state index is 11.5. The van der Waals surface area contributed by atoms with E-state index in [2.05, 4.69) is 47.0 Å². The van der Waals surface area contributed by atoms with Gasteiger partial charge < -0.3 is 4.57 Å². The van der Waals surface area contributed by atoms with Crippen LogP contribution in [0.4, 0.5) is 0 Å². The van der Waals surface area contributed by atoms with Gasteiger partial charge in [-0.2, -0.15) is 5.26 Å². The van der Waals surface area contributed by atoms with Crippen LogP contribution >= 0.6 is 0 Å². The number of hydrogen-bond acceptors (Lipinski definition) is 11. The third kappa shape index (κ3) is 10.9. The maximum Gasteiger partial charge on any atom is 0.164 e. The summed E-state index contributed by atoms with van der Waals surface area (Å²) in [7, 11) is 0. The summed E-state index contributed by atoms with van der Waals surface area (Å²) in [5.41, 5.74) is 14.7. The summed E-state index contributed by atoms with van der Waals surface area (Å²) in [4.78, 5) is 52.8. The standard InChI is InChI=1S/C81H50N12/c82-51-52-45-65(69-49-67(53-25-9-1-10-26-53)83-74(85-69)55-29-13-3-14-30-55)73(66(46-52)70-50-68(54-27-11-2-12-28-54)84-75(86-70)56-31-15-4-16-32-56)93-71-47-61(80-89-76(57-33-17-5-18-34-57)87-77(90-80)58-35-19-6-20-36-58)41-43-63(71)64-44-42-62(48-72(64)93)81-91-78(59-37-21-7-22-38-59)88-79(92-81)60-39-23-8-24-40-60/h1-50H. The normalized spacial score (nSPS) is 11.2. The number of rotatable bonds is 13. The smallest absolute Gasteiger partial charge is 0.164 e. The van der Waals surface area contributed by atoms with Gasteiger partial charge in [-0.05, 0) is 36.4 Å². The molecule has 0 saturated carbocycles. The molecule has 0 fully saturated rings. The Morgan fingerprint density at radius 1 is 0.226 bits per heavy atom. The van der Waals surface area contributed by atoms with Crippen LogP contribution in [0.25, 0.3) is 164 Å². The van der Waals surface area contributed by atoms with Crippen LogP contribution in [0, 0.1) is 11.3 Å². The molecule has 11 aromatic carbocycles. The van der Waals surface area contributed by atoms with E-state index >= 15 is 0 Å². The average molecular weight is 1190 g/mol. The first kappa shape index (κ1) is 55.2. The van der Waals surface area contributed by atoms with E-state index in [4.69, 9.17) is 49.8 Å². The molecule has 0 N–H and O–H groups in total. The number of nitrogens with zero attached hydrogens (tertiary/aromatic N) is 12. The zero-order valence-electron chi connectivity index (χ0n) is 49.7. The molecule has 0 bridgehead atoms. The Labute approximate surface area is 535 Å². The zero-order valence-corrected chi connectivity index (χ0v) is 49.7. The number of aromatic nitrogens is 11. The Morgan fingerprint density at radius 3 is 0.753 bits per heavy atom. The molecule has 5 aromatic heterocycles. The van der Waals surface area contributed by atoms with Crippen LogP contribution in [0.2, 0.25) is 0 Å². The van der Waals surface area contributed by atoms with Crippen molar-refractivity contribution in [3.05, 3.63) is 309 Å². The fourth-order valence-corrected chi connectivity index (χ4v) is 11.9. The first-order valence-corrected chi connectivity index (χ1v) is 30.4. The molecule has 434 valence electrons. The summed E-state index contributed by atoms with van der Waals surface area (Å²) in [6, 6.07) is 103. The average Bonchev–Trinajstić information content (AvgIpc) is 1.91. The van der Waals surface area contributed by atoms with Crippen molar-refractivity contribution in [1.29, 1.82) is 5.26 Å². The quantitative estimate of drug-likeness (QED) is 0.108. The van der Waals surface area contributed by atoms with Crippen LogP contribution in [0.3, 0.4) is 0 Å². The summed E-state index contributed by atoms with van der Waals surface area (Å²) >= 11 is 0. The Morgan fingerprint density at radius 2 is 0.473 bits per heavy atom. The molecule has 0 aliphatic rings. The van der Waals surface area contributed by atoms with Crippen LogP contribution < -0.4 is 0 Å². The van der Waals surface area contributed by atoms with Crippen LogP contribution in [0.1, 0.15) is 5.56 Å². The van der Waals surface area contributed by atoms with Crippen LogP contribution in [0.5, 0.6) is 0 Å². The highest BCUT2D eigenvalue weighted by Gasteiger charge is 2.27. The molecule has 0 aliphatic heterocycles. The molecule has 16 rings (SSSR count). The van der Waals surface area contributed by atoms with Gasteiger partial charge in [0, 0.05) is 77.5 Å². The molecule has 93 heavy (non-hydrogen) atoms. The van der Waals surface area contributed by atoms with Gasteiger partial charge in [0.15, 0.2) is 46.6 Å². The minimum atomic E-state index is 0.382. The van der Waals surface area contributed by atoms with E-state index < -0.39 is 0 Å². The lowest BCUT2D eigenvalue weighted by Crippen LogP contribution is -2.06. The second-order valence-corrected chi connectivity index (χ2v) is 22.3. The van der Waals surface area contributed by atoms with Crippen molar-refractivity contribution in [1.82, 2.24) is 54.4 Å². The van der Waals surface area contributed by atoms with Crippen molar-refractivity contribution in [3.63, 3.8) is 0 Å². The summed E-state index contributed by atoms with van der Waals surface area (Å²) in [6.45, 7) is 0.